The van der Waals surface area contributed by atoms with Crippen LogP contribution in [0.15, 0.2) is 91.0 Å². The van der Waals surface area contributed by atoms with Crippen molar-refractivity contribution >= 4 is 41.5 Å². The van der Waals surface area contributed by atoms with Gasteiger partial charge in [0.1, 0.15) is 24.2 Å². The minimum atomic E-state index is -1.46. The number of nitrogens with two attached hydrogens (primary N) is 1. The molecule has 6 atom stereocenters. The number of fused-ring (bicyclic) bond motifs is 1. The molecule has 2 aliphatic heterocycles. The first-order valence-electron chi connectivity index (χ1n) is 22.4. The Morgan fingerprint density at radius 2 is 1.37 bits per heavy atom. The topological polar surface area (TPSA) is 236 Å². The lowest BCUT2D eigenvalue weighted by atomic mass is 9.86. The molecule has 0 aromatic heterocycles. The second-order valence-electron chi connectivity index (χ2n) is 17.1. The van der Waals surface area contributed by atoms with Gasteiger partial charge in [-0.25, -0.2) is 0 Å². The second-order valence-corrected chi connectivity index (χ2v) is 17.1. The molecule has 3 fully saturated rings. The summed E-state index contributed by atoms with van der Waals surface area (Å²) in [5.41, 5.74) is 8.66. The van der Waals surface area contributed by atoms with Crippen molar-refractivity contribution in [3.8, 4) is 0 Å². The minimum absolute atomic E-state index is 0.0483. The number of carboxylic acids is 1. The fourth-order valence-corrected chi connectivity index (χ4v) is 9.59. The molecule has 3 aliphatic rings. The summed E-state index contributed by atoms with van der Waals surface area (Å²) < 4.78 is 0. The molecule has 1 unspecified atom stereocenters. The van der Waals surface area contributed by atoms with Crippen molar-refractivity contribution in [2.45, 2.75) is 120 Å². The van der Waals surface area contributed by atoms with Gasteiger partial charge in [-0.1, -0.05) is 110 Å². The molecule has 0 bridgehead atoms. The molecule has 336 valence electrons. The number of aliphatic carboxylic acids is 1. The highest BCUT2D eigenvalue weighted by Gasteiger charge is 2.51. The van der Waals surface area contributed by atoms with E-state index < -0.39 is 54.3 Å². The maximum absolute atomic E-state index is 14.5. The van der Waals surface area contributed by atoms with Gasteiger partial charge in [0.2, 0.25) is 29.5 Å². The number of carbonyl (C=O) groups is 6. The van der Waals surface area contributed by atoms with Crippen LogP contribution in [0.25, 0.3) is 0 Å². The number of carboxylic acid groups (broad SMARTS) is 1. The summed E-state index contributed by atoms with van der Waals surface area (Å²) in [7, 11) is 0. The standard InChI is InChI=1S/C48H62N8O7/c49-48(50)52-26-13-22-37(45(61)55-39(30-42(57)58)44(60)51-27-25-36(32-16-7-2-8-17-32)33-18-9-3-10-19-33)53-46(62)41-29-35(28-31-14-5-1-6-15-31)40-24-23-38(47(63)56(40)41)54-43(59)34-20-11-4-12-21-34/h1-3,5-10,14-19,34-41H,4,11-13,20-30H2,(H,51,60)(H,53,62)(H,54,59)(H,55,61)(H,57,58)(H4,49,50,52)/t35-,37+,38?,39+,40+,41+/m1/s1. The van der Waals surface area contributed by atoms with Gasteiger partial charge < -0.3 is 42.3 Å². The number of rotatable bonds is 20. The maximum atomic E-state index is 14.5. The van der Waals surface area contributed by atoms with Crippen molar-refractivity contribution in [2.24, 2.45) is 17.6 Å². The number of piperidine rings is 1. The fourth-order valence-electron chi connectivity index (χ4n) is 9.59. The summed E-state index contributed by atoms with van der Waals surface area (Å²) in [6.07, 6.45) is 6.73. The van der Waals surface area contributed by atoms with E-state index in [2.05, 4.69) is 26.6 Å². The Bertz CT molecular complexity index is 1990. The Hall–Kier alpha value is -6.25. The van der Waals surface area contributed by atoms with E-state index in [0.717, 1.165) is 48.8 Å². The van der Waals surface area contributed by atoms with Gasteiger partial charge in [-0.3, -0.25) is 34.2 Å². The highest BCUT2D eigenvalue weighted by atomic mass is 16.4. The van der Waals surface area contributed by atoms with Crippen LogP contribution in [0, 0.1) is 17.2 Å². The van der Waals surface area contributed by atoms with E-state index in [9.17, 15) is 33.9 Å². The van der Waals surface area contributed by atoms with E-state index in [1.165, 1.54) is 0 Å². The Labute approximate surface area is 369 Å². The third-order valence-corrected chi connectivity index (χ3v) is 12.8. The van der Waals surface area contributed by atoms with Crippen molar-refractivity contribution in [3.63, 3.8) is 0 Å². The van der Waals surface area contributed by atoms with Crippen molar-refractivity contribution in [3.05, 3.63) is 108 Å². The minimum Gasteiger partial charge on any atom is -0.481 e. The van der Waals surface area contributed by atoms with Crippen molar-refractivity contribution in [2.75, 3.05) is 13.1 Å². The van der Waals surface area contributed by atoms with Crippen LogP contribution < -0.4 is 32.3 Å². The largest absolute Gasteiger partial charge is 0.481 e. The first kappa shape index (κ1) is 46.3. The maximum Gasteiger partial charge on any atom is 0.305 e. The molecule has 0 spiro atoms. The summed E-state index contributed by atoms with van der Waals surface area (Å²) in [5, 5.41) is 31.4. The van der Waals surface area contributed by atoms with Crippen LogP contribution in [0.2, 0.25) is 0 Å². The zero-order valence-electron chi connectivity index (χ0n) is 35.8. The number of nitrogens with one attached hydrogen (secondary N) is 6. The number of guanidine groups is 1. The monoisotopic (exact) mass is 862 g/mol. The third kappa shape index (κ3) is 12.9. The third-order valence-electron chi connectivity index (χ3n) is 12.8. The van der Waals surface area contributed by atoms with E-state index in [1.54, 1.807) is 4.90 Å². The van der Waals surface area contributed by atoms with Gasteiger partial charge in [0.15, 0.2) is 5.96 Å². The lowest BCUT2D eigenvalue weighted by Gasteiger charge is -2.39. The van der Waals surface area contributed by atoms with E-state index in [1.807, 2.05) is 91.0 Å². The van der Waals surface area contributed by atoms with Gasteiger partial charge in [-0.05, 0) is 80.4 Å². The molecular weight excluding hydrogens is 801 g/mol. The molecule has 15 heteroatoms. The lowest BCUT2D eigenvalue weighted by Crippen LogP contribution is -2.61. The SMILES string of the molecule is N=C(N)NCCC[C@H](NC(=O)[C@@H]1C[C@@H](Cc2ccccc2)[C@@H]2CCC(NC(=O)C3CCCCC3)C(=O)N12)C(=O)N[C@@H](CC(=O)O)C(=O)NCCC(c1ccccc1)c1ccccc1. The molecule has 63 heavy (non-hydrogen) atoms. The van der Waals surface area contributed by atoms with Crippen LogP contribution >= 0.6 is 0 Å². The van der Waals surface area contributed by atoms with E-state index in [-0.39, 0.29) is 67.5 Å². The smallest absolute Gasteiger partial charge is 0.305 e. The predicted molar refractivity (Wildman–Crippen MR) is 238 cm³/mol. The van der Waals surface area contributed by atoms with Crippen LogP contribution in [0.5, 0.6) is 0 Å². The highest BCUT2D eigenvalue weighted by Crippen LogP contribution is 2.39. The van der Waals surface area contributed by atoms with Gasteiger partial charge in [-0.2, -0.15) is 0 Å². The number of hydrogen-bond donors (Lipinski definition) is 8. The normalized spacial score (nSPS) is 20.8. The molecule has 5 amide bonds. The molecular formula is C48H62N8O7. The second kappa shape index (κ2) is 22.7. The van der Waals surface area contributed by atoms with Gasteiger partial charge in [-0.15, -0.1) is 0 Å². The zero-order chi connectivity index (χ0) is 44.7. The van der Waals surface area contributed by atoms with Crippen molar-refractivity contribution < 1.29 is 33.9 Å². The van der Waals surface area contributed by atoms with Crippen molar-refractivity contribution in [1.82, 2.24) is 31.5 Å². The molecule has 9 N–H and O–H groups in total. The average Bonchev–Trinajstić information content (AvgIpc) is 3.66. The van der Waals surface area contributed by atoms with Gasteiger partial charge in [0.05, 0.1) is 6.42 Å². The van der Waals surface area contributed by atoms with Crippen LogP contribution in [-0.4, -0.2) is 94.8 Å². The Balaban J connectivity index is 1.17. The lowest BCUT2D eigenvalue weighted by molar-refractivity contribution is -0.147. The first-order chi connectivity index (χ1) is 30.5. The molecule has 2 heterocycles. The van der Waals surface area contributed by atoms with E-state index in [0.29, 0.717) is 32.1 Å². The highest BCUT2D eigenvalue weighted by molar-refractivity contribution is 5.97. The first-order valence-corrected chi connectivity index (χ1v) is 22.4. The van der Waals surface area contributed by atoms with Gasteiger partial charge >= 0.3 is 5.97 Å². The van der Waals surface area contributed by atoms with Gasteiger partial charge in [0, 0.05) is 31.0 Å². The molecule has 3 aromatic carbocycles. The molecule has 15 nitrogen and oxygen atoms in total. The quantitative estimate of drug-likeness (QED) is 0.0469. The molecule has 1 aliphatic carbocycles. The summed E-state index contributed by atoms with van der Waals surface area (Å²) in [6.45, 7) is 0.394. The number of hydrogen-bond acceptors (Lipinski definition) is 7. The zero-order valence-corrected chi connectivity index (χ0v) is 35.8. The summed E-state index contributed by atoms with van der Waals surface area (Å²) in [5.74, 6) is -4.30. The summed E-state index contributed by atoms with van der Waals surface area (Å²) in [4.78, 5) is 83.6. The summed E-state index contributed by atoms with van der Waals surface area (Å²) in [6, 6.07) is 24.9. The molecule has 0 radical (unpaired) electrons. The van der Waals surface area contributed by atoms with E-state index >= 15 is 0 Å². The van der Waals surface area contributed by atoms with Crippen molar-refractivity contribution in [1.29, 1.82) is 5.41 Å². The fraction of sp³-hybridized carbons (Fsp3) is 0.479. The van der Waals surface area contributed by atoms with E-state index in [4.69, 9.17) is 11.1 Å². The van der Waals surface area contributed by atoms with Gasteiger partial charge in [0.25, 0.3) is 0 Å². The Kier molecular flexibility index (Phi) is 16.7. The van der Waals surface area contributed by atoms with Crippen LogP contribution in [0.4, 0.5) is 0 Å². The Morgan fingerprint density at radius 1 is 0.730 bits per heavy atom. The molecule has 6 rings (SSSR count). The molecule has 3 aromatic rings. The predicted octanol–water partition coefficient (Wildman–Crippen LogP) is 3.72. The Morgan fingerprint density at radius 3 is 1.98 bits per heavy atom. The number of benzene rings is 3. The molecule has 2 saturated heterocycles. The van der Waals surface area contributed by atoms with Crippen LogP contribution in [0.1, 0.15) is 99.7 Å². The number of carbonyl (C=O) groups excluding carboxylic acids is 5. The average molecular weight is 863 g/mol. The summed E-state index contributed by atoms with van der Waals surface area (Å²) >= 11 is 0. The number of nitrogens with zero attached hydrogens (tertiary/aromatic N) is 1. The van der Waals surface area contributed by atoms with Crippen LogP contribution in [0.3, 0.4) is 0 Å². The van der Waals surface area contributed by atoms with Crippen LogP contribution in [-0.2, 0) is 35.2 Å². The molecule has 1 saturated carbocycles. The number of amides is 5.